The van der Waals surface area contributed by atoms with Crippen molar-refractivity contribution < 1.29 is 19.2 Å². The van der Waals surface area contributed by atoms with Crippen LogP contribution in [0.4, 0.5) is 5.69 Å². The molecular weight excluding hydrogens is 358 g/mol. The van der Waals surface area contributed by atoms with Gasteiger partial charge in [0.05, 0.1) is 11.3 Å². The van der Waals surface area contributed by atoms with Crippen LogP contribution in [0.25, 0.3) is 0 Å². The van der Waals surface area contributed by atoms with Gasteiger partial charge in [0.15, 0.2) is 0 Å². The Kier molecular flexibility index (Phi) is 5.69. The SMILES string of the molecule is Cc1ccc2c(c1)C(=O)C(=O)N2CC(=O)N(CC(=O)NC(C)(C)C)C(C)(C)C. The van der Waals surface area contributed by atoms with E-state index in [1.165, 1.54) is 9.80 Å². The Morgan fingerprint density at radius 2 is 1.68 bits per heavy atom. The minimum absolute atomic E-state index is 0.129. The molecule has 3 amide bonds. The fraction of sp³-hybridized carbons (Fsp3) is 0.524. The van der Waals surface area contributed by atoms with Crippen LogP contribution in [0.5, 0.6) is 0 Å². The normalized spacial score (nSPS) is 14.2. The van der Waals surface area contributed by atoms with Crippen molar-refractivity contribution in [3.63, 3.8) is 0 Å². The van der Waals surface area contributed by atoms with E-state index in [2.05, 4.69) is 5.32 Å². The molecule has 28 heavy (non-hydrogen) atoms. The van der Waals surface area contributed by atoms with Crippen molar-refractivity contribution in [3.8, 4) is 0 Å². The second-order valence-corrected chi connectivity index (χ2v) is 9.19. The Morgan fingerprint density at radius 1 is 1.07 bits per heavy atom. The van der Waals surface area contributed by atoms with Crippen molar-refractivity contribution in [2.24, 2.45) is 0 Å². The summed E-state index contributed by atoms with van der Waals surface area (Å²) in [6.07, 6.45) is 0. The van der Waals surface area contributed by atoms with Crippen LogP contribution >= 0.6 is 0 Å². The number of aryl methyl sites for hydroxylation is 1. The fourth-order valence-electron chi connectivity index (χ4n) is 3.09. The molecule has 0 fully saturated rings. The van der Waals surface area contributed by atoms with Gasteiger partial charge in [0, 0.05) is 11.1 Å². The van der Waals surface area contributed by atoms with Gasteiger partial charge in [-0.15, -0.1) is 0 Å². The topological polar surface area (TPSA) is 86.8 Å². The number of ketones is 1. The Hall–Kier alpha value is -2.70. The van der Waals surface area contributed by atoms with Crippen LogP contribution < -0.4 is 10.2 Å². The van der Waals surface area contributed by atoms with Crippen LogP contribution in [-0.2, 0) is 14.4 Å². The molecule has 1 heterocycles. The molecule has 1 aromatic rings. The number of anilines is 1. The van der Waals surface area contributed by atoms with Crippen LogP contribution in [0, 0.1) is 6.92 Å². The van der Waals surface area contributed by atoms with Gasteiger partial charge in [-0.3, -0.25) is 24.1 Å². The fourth-order valence-corrected chi connectivity index (χ4v) is 3.09. The minimum Gasteiger partial charge on any atom is -0.350 e. The van der Waals surface area contributed by atoms with Crippen molar-refractivity contribution in [1.82, 2.24) is 10.2 Å². The summed E-state index contributed by atoms with van der Waals surface area (Å²) in [6.45, 7) is 12.5. The maximum absolute atomic E-state index is 13.0. The first-order chi connectivity index (χ1) is 12.7. The summed E-state index contributed by atoms with van der Waals surface area (Å²) in [5, 5.41) is 2.84. The lowest BCUT2D eigenvalue weighted by atomic mass is 10.0. The summed E-state index contributed by atoms with van der Waals surface area (Å²) in [5.74, 6) is -2.01. The Bertz CT molecular complexity index is 831. The first kappa shape index (κ1) is 21.6. The predicted octanol–water partition coefficient (Wildman–Crippen LogP) is 2.07. The summed E-state index contributed by atoms with van der Waals surface area (Å²) in [5.41, 5.74) is 0.559. The Morgan fingerprint density at radius 3 is 2.21 bits per heavy atom. The molecular formula is C21H29N3O4. The van der Waals surface area contributed by atoms with Crippen molar-refractivity contribution in [3.05, 3.63) is 29.3 Å². The van der Waals surface area contributed by atoms with E-state index in [9.17, 15) is 19.2 Å². The zero-order valence-electron chi connectivity index (χ0n) is 17.7. The number of nitrogens with zero attached hydrogens (tertiary/aromatic N) is 2. The number of hydrogen-bond acceptors (Lipinski definition) is 4. The van der Waals surface area contributed by atoms with E-state index >= 15 is 0 Å². The highest BCUT2D eigenvalue weighted by molar-refractivity contribution is 6.52. The van der Waals surface area contributed by atoms with Crippen molar-refractivity contribution in [2.45, 2.75) is 59.5 Å². The molecule has 1 N–H and O–H groups in total. The monoisotopic (exact) mass is 387 g/mol. The zero-order valence-corrected chi connectivity index (χ0v) is 17.7. The number of carbonyl (C=O) groups excluding carboxylic acids is 4. The highest BCUT2D eigenvalue weighted by atomic mass is 16.2. The molecule has 0 spiro atoms. The number of benzene rings is 1. The molecule has 0 saturated heterocycles. The molecule has 0 bridgehead atoms. The van der Waals surface area contributed by atoms with Gasteiger partial charge in [0.25, 0.3) is 11.7 Å². The van der Waals surface area contributed by atoms with Crippen LogP contribution in [-0.4, -0.2) is 52.6 Å². The summed E-state index contributed by atoms with van der Waals surface area (Å²) in [4.78, 5) is 52.7. The van der Waals surface area contributed by atoms with E-state index in [0.29, 0.717) is 11.3 Å². The Labute approximate surface area is 166 Å². The molecule has 0 unspecified atom stereocenters. The van der Waals surface area contributed by atoms with Crippen molar-refractivity contribution in [2.75, 3.05) is 18.0 Å². The number of carbonyl (C=O) groups is 4. The predicted molar refractivity (Wildman–Crippen MR) is 107 cm³/mol. The van der Waals surface area contributed by atoms with Crippen molar-refractivity contribution in [1.29, 1.82) is 0 Å². The standard InChI is InChI=1S/C21H29N3O4/c1-13-8-9-15-14(10-13)18(27)19(28)23(15)12-17(26)24(21(5,6)7)11-16(25)22-20(2,3)4/h8-10H,11-12H2,1-7H3,(H,22,25). The largest absolute Gasteiger partial charge is 0.350 e. The van der Waals surface area contributed by atoms with Gasteiger partial charge in [-0.2, -0.15) is 0 Å². The van der Waals surface area contributed by atoms with Gasteiger partial charge in [-0.25, -0.2) is 0 Å². The van der Waals surface area contributed by atoms with Gasteiger partial charge in [0.1, 0.15) is 13.1 Å². The number of nitrogens with one attached hydrogen (secondary N) is 1. The molecule has 7 heteroatoms. The first-order valence-corrected chi connectivity index (χ1v) is 9.29. The van der Waals surface area contributed by atoms with Gasteiger partial charge >= 0.3 is 0 Å². The number of fused-ring (bicyclic) bond motifs is 1. The molecule has 2 rings (SSSR count). The third-order valence-electron chi connectivity index (χ3n) is 4.35. The lowest BCUT2D eigenvalue weighted by molar-refractivity contribution is -0.140. The number of Topliss-reactive ketones (excluding diaryl/α,β-unsaturated/α-hetero) is 1. The second-order valence-electron chi connectivity index (χ2n) is 9.19. The molecule has 0 saturated carbocycles. The minimum atomic E-state index is -0.720. The maximum atomic E-state index is 13.0. The number of amides is 3. The van der Waals surface area contributed by atoms with E-state index in [1.807, 2.05) is 48.5 Å². The smallest absolute Gasteiger partial charge is 0.299 e. The highest BCUT2D eigenvalue weighted by Crippen LogP contribution is 2.30. The zero-order chi connectivity index (χ0) is 21.4. The third kappa shape index (κ3) is 4.77. The number of rotatable bonds is 4. The summed E-state index contributed by atoms with van der Waals surface area (Å²) < 4.78 is 0. The summed E-state index contributed by atoms with van der Waals surface area (Å²) >= 11 is 0. The molecule has 0 atom stereocenters. The van der Waals surface area contributed by atoms with E-state index in [0.717, 1.165) is 5.56 Å². The van der Waals surface area contributed by atoms with E-state index < -0.39 is 28.7 Å². The highest BCUT2D eigenvalue weighted by Gasteiger charge is 2.39. The average Bonchev–Trinajstić information content (AvgIpc) is 2.74. The average molecular weight is 387 g/mol. The Balaban J connectivity index is 2.24. The molecule has 0 aliphatic carbocycles. The van der Waals surface area contributed by atoms with Gasteiger partial charge in [-0.1, -0.05) is 11.6 Å². The molecule has 0 aromatic heterocycles. The quantitative estimate of drug-likeness (QED) is 0.801. The van der Waals surface area contributed by atoms with E-state index in [1.54, 1.807) is 18.2 Å². The van der Waals surface area contributed by atoms with E-state index in [4.69, 9.17) is 0 Å². The lowest BCUT2D eigenvalue weighted by Crippen LogP contribution is -2.55. The van der Waals surface area contributed by atoms with Crippen LogP contribution in [0.15, 0.2) is 18.2 Å². The molecule has 7 nitrogen and oxygen atoms in total. The van der Waals surface area contributed by atoms with Gasteiger partial charge in [-0.05, 0) is 60.6 Å². The molecule has 0 radical (unpaired) electrons. The molecule has 1 aliphatic heterocycles. The van der Waals surface area contributed by atoms with Gasteiger partial charge in [0.2, 0.25) is 11.8 Å². The summed E-state index contributed by atoms with van der Waals surface area (Å²) in [7, 11) is 0. The lowest BCUT2D eigenvalue weighted by Gasteiger charge is -2.37. The third-order valence-corrected chi connectivity index (χ3v) is 4.35. The maximum Gasteiger partial charge on any atom is 0.299 e. The van der Waals surface area contributed by atoms with Gasteiger partial charge < -0.3 is 10.2 Å². The second kappa shape index (κ2) is 7.37. The first-order valence-electron chi connectivity index (χ1n) is 9.29. The molecule has 152 valence electrons. The van der Waals surface area contributed by atoms with E-state index in [-0.39, 0.29) is 19.0 Å². The van der Waals surface area contributed by atoms with Crippen LogP contribution in [0.3, 0.4) is 0 Å². The molecule has 1 aromatic carbocycles. The molecule has 1 aliphatic rings. The van der Waals surface area contributed by atoms with Crippen LogP contribution in [0.2, 0.25) is 0 Å². The number of hydrogen-bond donors (Lipinski definition) is 1. The van der Waals surface area contributed by atoms with Crippen molar-refractivity contribution >= 4 is 29.2 Å². The van der Waals surface area contributed by atoms with Crippen LogP contribution in [0.1, 0.15) is 57.5 Å². The summed E-state index contributed by atoms with van der Waals surface area (Å²) in [6, 6.07) is 5.12.